The van der Waals surface area contributed by atoms with Crippen molar-refractivity contribution in [2.24, 2.45) is 5.92 Å². The Hall–Kier alpha value is -2.02. The molecule has 6 nitrogen and oxygen atoms in total. The molecule has 1 amide bonds. The Morgan fingerprint density at radius 3 is 2.26 bits per heavy atom. The van der Waals surface area contributed by atoms with Crippen LogP contribution in [-0.4, -0.2) is 29.0 Å². The van der Waals surface area contributed by atoms with Crippen LogP contribution in [0.4, 0.5) is 0 Å². The number of nitrogens with one attached hydrogen (secondary N) is 1. The van der Waals surface area contributed by atoms with Gasteiger partial charge in [0, 0.05) is 6.42 Å². The second-order valence-corrected chi connectivity index (χ2v) is 5.28. The van der Waals surface area contributed by atoms with Crippen molar-refractivity contribution >= 4 is 31.3 Å². The molecule has 0 fully saturated rings. The third-order valence-electron chi connectivity index (χ3n) is 3.03. The number of esters is 1. The maximum absolute atomic E-state index is 12.1. The van der Waals surface area contributed by atoms with Crippen molar-refractivity contribution in [2.45, 2.75) is 39.3 Å². The summed E-state index contributed by atoms with van der Waals surface area (Å²) >= 11 is 0. The second-order valence-electron chi connectivity index (χ2n) is 5.28. The van der Waals surface area contributed by atoms with Crippen molar-refractivity contribution in [1.82, 2.24) is 5.32 Å². The number of ether oxygens (including phenoxy) is 1. The van der Waals surface area contributed by atoms with Gasteiger partial charge in [0.1, 0.15) is 12.6 Å². The van der Waals surface area contributed by atoms with Gasteiger partial charge in [-0.15, -0.1) is 0 Å². The minimum atomic E-state index is -1.05. The topological polar surface area (TPSA) is 92.7 Å². The lowest BCUT2D eigenvalue weighted by molar-refractivity contribution is -0.150. The van der Waals surface area contributed by atoms with Gasteiger partial charge in [-0.05, 0) is 11.5 Å². The number of hydrogen-bond acceptors (Lipinski definition) is 4. The molecule has 0 heterocycles. The highest BCUT2D eigenvalue weighted by molar-refractivity contribution is 7.59. The molecule has 0 aliphatic rings. The van der Waals surface area contributed by atoms with E-state index in [-0.39, 0.29) is 38.9 Å². The van der Waals surface area contributed by atoms with E-state index in [4.69, 9.17) is 9.84 Å². The molecular weight excluding hydrogens is 318 g/mol. The quantitative estimate of drug-likeness (QED) is 0.704. The molecule has 0 unspecified atom stereocenters. The summed E-state index contributed by atoms with van der Waals surface area (Å²) in [5, 5.41) is 11.1. The number of amides is 1. The molecule has 7 heteroatoms. The Kier molecular flexibility index (Phi) is 9.73. The molecular formula is C16H23NO5S. The summed E-state index contributed by atoms with van der Waals surface area (Å²) in [5.74, 6) is -2.21. The van der Waals surface area contributed by atoms with E-state index in [1.165, 1.54) is 0 Å². The molecule has 1 rings (SSSR count). The molecule has 0 aliphatic carbocycles. The maximum atomic E-state index is 12.1. The molecule has 2 N–H and O–H groups in total. The fourth-order valence-electron chi connectivity index (χ4n) is 1.78. The highest BCUT2D eigenvalue weighted by Crippen LogP contribution is 2.08. The van der Waals surface area contributed by atoms with E-state index in [9.17, 15) is 14.4 Å². The number of carbonyl (C=O) groups excluding carboxylic acids is 2. The van der Waals surface area contributed by atoms with Crippen molar-refractivity contribution in [3.63, 3.8) is 0 Å². The number of rotatable bonds is 8. The zero-order valence-electron chi connectivity index (χ0n) is 13.2. The predicted octanol–water partition coefficient (Wildman–Crippen LogP) is 1.85. The lowest BCUT2D eigenvalue weighted by atomic mass is 10.0. The monoisotopic (exact) mass is 341 g/mol. The lowest BCUT2D eigenvalue weighted by Crippen LogP contribution is -2.45. The van der Waals surface area contributed by atoms with Crippen LogP contribution in [0.1, 0.15) is 32.3 Å². The summed E-state index contributed by atoms with van der Waals surface area (Å²) < 4.78 is 5.21. The predicted molar refractivity (Wildman–Crippen MR) is 90.3 cm³/mol. The Balaban J connectivity index is 0.00000484. The molecule has 0 aliphatic heterocycles. The normalized spacial score (nSPS) is 11.3. The van der Waals surface area contributed by atoms with Crippen LogP contribution in [0.25, 0.3) is 0 Å². The van der Waals surface area contributed by atoms with Crippen molar-refractivity contribution in [2.75, 3.05) is 0 Å². The average molecular weight is 341 g/mol. The maximum Gasteiger partial charge on any atom is 0.329 e. The lowest BCUT2D eigenvalue weighted by Gasteiger charge is -2.20. The highest BCUT2D eigenvalue weighted by atomic mass is 32.1. The van der Waals surface area contributed by atoms with Crippen molar-refractivity contribution in [3.05, 3.63) is 35.9 Å². The molecule has 1 aromatic rings. The Bertz CT molecular complexity index is 518. The van der Waals surface area contributed by atoms with Crippen LogP contribution >= 0.6 is 13.5 Å². The number of aliphatic carboxylic acids is 1. The minimum Gasteiger partial charge on any atom is -0.481 e. The van der Waals surface area contributed by atoms with Gasteiger partial charge in [0.25, 0.3) is 0 Å². The van der Waals surface area contributed by atoms with Crippen molar-refractivity contribution in [1.29, 1.82) is 0 Å². The van der Waals surface area contributed by atoms with Crippen LogP contribution in [-0.2, 0) is 25.7 Å². The van der Waals surface area contributed by atoms with Crippen LogP contribution in [0.3, 0.4) is 0 Å². The van der Waals surface area contributed by atoms with E-state index in [0.29, 0.717) is 0 Å². The van der Waals surface area contributed by atoms with Gasteiger partial charge in [-0.2, -0.15) is 13.5 Å². The van der Waals surface area contributed by atoms with E-state index >= 15 is 0 Å². The molecule has 1 aromatic carbocycles. The highest BCUT2D eigenvalue weighted by Gasteiger charge is 2.25. The molecule has 0 saturated heterocycles. The Labute approximate surface area is 142 Å². The zero-order chi connectivity index (χ0) is 16.5. The van der Waals surface area contributed by atoms with E-state index in [1.54, 1.807) is 13.8 Å². The van der Waals surface area contributed by atoms with E-state index in [0.717, 1.165) is 5.56 Å². The minimum absolute atomic E-state index is 0. The van der Waals surface area contributed by atoms with Gasteiger partial charge in [0.15, 0.2) is 0 Å². The summed E-state index contributed by atoms with van der Waals surface area (Å²) in [6.45, 7) is 3.70. The second kappa shape index (κ2) is 10.7. The summed E-state index contributed by atoms with van der Waals surface area (Å²) in [6, 6.07) is 8.44. The number of hydrogen-bond donors (Lipinski definition) is 2. The zero-order valence-corrected chi connectivity index (χ0v) is 14.2. The van der Waals surface area contributed by atoms with Crippen LogP contribution in [0.15, 0.2) is 30.3 Å². The third-order valence-corrected chi connectivity index (χ3v) is 3.03. The molecule has 0 bridgehead atoms. The van der Waals surface area contributed by atoms with Gasteiger partial charge >= 0.3 is 11.9 Å². The first-order valence-corrected chi connectivity index (χ1v) is 7.12. The summed E-state index contributed by atoms with van der Waals surface area (Å²) in [6.07, 6.45) is -0.430. The Morgan fingerprint density at radius 1 is 1.13 bits per heavy atom. The number of carbonyl (C=O) groups is 3. The van der Waals surface area contributed by atoms with Gasteiger partial charge in [-0.25, -0.2) is 4.79 Å². The summed E-state index contributed by atoms with van der Waals surface area (Å²) in [4.78, 5) is 34.2. The summed E-state index contributed by atoms with van der Waals surface area (Å²) in [7, 11) is 0. The van der Waals surface area contributed by atoms with Crippen LogP contribution in [0.2, 0.25) is 0 Å². The molecule has 0 radical (unpaired) electrons. The fourth-order valence-corrected chi connectivity index (χ4v) is 1.78. The van der Waals surface area contributed by atoms with Gasteiger partial charge in [-0.3, -0.25) is 9.59 Å². The fraction of sp³-hybridized carbons (Fsp3) is 0.438. The average Bonchev–Trinajstić information content (AvgIpc) is 2.49. The van der Waals surface area contributed by atoms with Gasteiger partial charge < -0.3 is 15.2 Å². The molecule has 0 aromatic heterocycles. The largest absolute Gasteiger partial charge is 0.481 e. The first-order valence-electron chi connectivity index (χ1n) is 7.12. The number of carboxylic acids is 1. The van der Waals surface area contributed by atoms with Gasteiger partial charge in [-0.1, -0.05) is 44.2 Å². The van der Waals surface area contributed by atoms with E-state index in [1.807, 2.05) is 30.3 Å². The summed E-state index contributed by atoms with van der Waals surface area (Å²) in [5.41, 5.74) is 0.857. The first kappa shape index (κ1) is 21.0. The van der Waals surface area contributed by atoms with Crippen molar-refractivity contribution < 1.29 is 24.2 Å². The molecule has 0 saturated carbocycles. The smallest absolute Gasteiger partial charge is 0.329 e. The molecule has 128 valence electrons. The molecule has 23 heavy (non-hydrogen) atoms. The van der Waals surface area contributed by atoms with Crippen LogP contribution in [0.5, 0.6) is 0 Å². The van der Waals surface area contributed by atoms with Gasteiger partial charge in [0.05, 0.1) is 6.42 Å². The first-order chi connectivity index (χ1) is 10.4. The SMILES string of the molecule is CC(C)[C@H](NC(=O)CCC(=O)O)C(=O)OCc1ccccc1.S. The number of carboxylic acid groups (broad SMARTS) is 1. The molecule has 0 spiro atoms. The standard InChI is InChI=1S/C16H21NO5.H2S/c1-11(2)15(17-13(18)8-9-14(19)20)16(21)22-10-12-6-4-3-5-7-12;/h3-7,11,15H,8-10H2,1-2H3,(H,17,18)(H,19,20);1H2/t15-;/m0./s1. The van der Waals surface area contributed by atoms with E-state index in [2.05, 4.69) is 5.32 Å². The number of benzene rings is 1. The van der Waals surface area contributed by atoms with Crippen molar-refractivity contribution in [3.8, 4) is 0 Å². The Morgan fingerprint density at radius 2 is 1.74 bits per heavy atom. The third kappa shape index (κ3) is 8.25. The van der Waals surface area contributed by atoms with Crippen LogP contribution in [0, 0.1) is 5.92 Å². The van der Waals surface area contributed by atoms with Crippen LogP contribution < -0.4 is 5.32 Å². The van der Waals surface area contributed by atoms with E-state index < -0.39 is 23.9 Å². The van der Waals surface area contributed by atoms with Gasteiger partial charge in [0.2, 0.25) is 5.91 Å². The molecule has 1 atom stereocenters.